The summed E-state index contributed by atoms with van der Waals surface area (Å²) in [5, 5.41) is 3.41. The highest BCUT2D eigenvalue weighted by Crippen LogP contribution is 2.16. The van der Waals surface area contributed by atoms with Crippen molar-refractivity contribution in [2.24, 2.45) is 5.11 Å². The van der Waals surface area contributed by atoms with E-state index in [2.05, 4.69) is 10.0 Å². The summed E-state index contributed by atoms with van der Waals surface area (Å²) < 4.78 is 6.91. The van der Waals surface area contributed by atoms with Gasteiger partial charge in [-0.05, 0) is 18.0 Å². The van der Waals surface area contributed by atoms with Gasteiger partial charge in [0.2, 0.25) is 0 Å². The van der Waals surface area contributed by atoms with Crippen LogP contribution in [0.4, 0.5) is 0 Å². The molecule has 1 fully saturated rings. The second-order valence-corrected chi connectivity index (χ2v) is 3.65. The molecule has 2 heterocycles. The second kappa shape index (κ2) is 4.83. The quantitative estimate of drug-likeness (QED) is 0.440. The lowest BCUT2D eigenvalue weighted by atomic mass is 10.2. The minimum atomic E-state index is -0.0922. The van der Waals surface area contributed by atoms with Crippen molar-refractivity contribution in [2.75, 3.05) is 13.2 Å². The Morgan fingerprint density at radius 3 is 3.25 bits per heavy atom. The maximum Gasteiger partial charge on any atom is 0.254 e. The van der Waals surface area contributed by atoms with E-state index in [1.165, 1.54) is 0 Å². The lowest BCUT2D eigenvalue weighted by Crippen LogP contribution is -2.26. The lowest BCUT2D eigenvalue weighted by Gasteiger charge is -2.12. The third-order valence-electron chi connectivity index (χ3n) is 2.66. The average molecular weight is 220 g/mol. The number of pyridine rings is 1. The van der Waals surface area contributed by atoms with Crippen LogP contribution in [0.3, 0.4) is 0 Å². The molecule has 0 aliphatic carbocycles. The van der Waals surface area contributed by atoms with Gasteiger partial charge in [-0.3, -0.25) is 4.79 Å². The van der Waals surface area contributed by atoms with Gasteiger partial charge in [0.05, 0.1) is 19.2 Å². The Kier molecular flexibility index (Phi) is 3.24. The van der Waals surface area contributed by atoms with Crippen molar-refractivity contribution in [1.82, 2.24) is 4.57 Å². The van der Waals surface area contributed by atoms with Crippen molar-refractivity contribution < 1.29 is 4.74 Å². The molecule has 1 aliphatic heterocycles. The van der Waals surface area contributed by atoms with Crippen LogP contribution in [0.25, 0.3) is 10.4 Å². The van der Waals surface area contributed by atoms with E-state index >= 15 is 0 Å². The van der Waals surface area contributed by atoms with Crippen LogP contribution in [0.15, 0.2) is 28.2 Å². The monoisotopic (exact) mass is 220 g/mol. The molecule has 2 rings (SSSR count). The summed E-state index contributed by atoms with van der Waals surface area (Å²) in [6.07, 6.45) is 2.60. The van der Waals surface area contributed by atoms with Gasteiger partial charge in [-0.15, -0.1) is 0 Å². The van der Waals surface area contributed by atoms with E-state index < -0.39 is 0 Å². The first-order chi connectivity index (χ1) is 7.83. The van der Waals surface area contributed by atoms with Crippen molar-refractivity contribution in [1.29, 1.82) is 0 Å². The Morgan fingerprint density at radius 1 is 1.69 bits per heavy atom. The van der Waals surface area contributed by atoms with Gasteiger partial charge in [0.15, 0.2) is 0 Å². The molecule has 0 spiro atoms. The molecular weight excluding hydrogens is 208 g/mol. The van der Waals surface area contributed by atoms with Crippen LogP contribution in [-0.2, 0) is 11.3 Å². The zero-order chi connectivity index (χ0) is 11.4. The molecular formula is C10H12N4O2. The van der Waals surface area contributed by atoms with Crippen LogP contribution >= 0.6 is 0 Å². The number of nitrogens with zero attached hydrogens (tertiary/aromatic N) is 4. The van der Waals surface area contributed by atoms with Gasteiger partial charge in [-0.2, -0.15) is 0 Å². The van der Waals surface area contributed by atoms with Crippen molar-refractivity contribution in [3.63, 3.8) is 0 Å². The zero-order valence-corrected chi connectivity index (χ0v) is 8.74. The van der Waals surface area contributed by atoms with Crippen LogP contribution in [0, 0.1) is 0 Å². The van der Waals surface area contributed by atoms with E-state index in [9.17, 15) is 4.79 Å². The van der Waals surface area contributed by atoms with Crippen LogP contribution < -0.4 is 5.56 Å². The van der Waals surface area contributed by atoms with E-state index in [4.69, 9.17) is 10.3 Å². The molecule has 84 valence electrons. The SMILES string of the molecule is [N-]=[N+]=NCc1cccn([C@H]2CCOC2)c1=O. The van der Waals surface area contributed by atoms with E-state index in [0.717, 1.165) is 6.42 Å². The van der Waals surface area contributed by atoms with Crippen LogP contribution in [0.2, 0.25) is 0 Å². The van der Waals surface area contributed by atoms with Crippen molar-refractivity contribution in [2.45, 2.75) is 19.0 Å². The van der Waals surface area contributed by atoms with Gasteiger partial charge in [0, 0.05) is 23.3 Å². The first-order valence-corrected chi connectivity index (χ1v) is 5.11. The third kappa shape index (κ3) is 2.08. The Bertz CT molecular complexity index is 470. The summed E-state index contributed by atoms with van der Waals surface area (Å²) in [5.41, 5.74) is 8.66. The maximum atomic E-state index is 12.0. The van der Waals surface area contributed by atoms with Gasteiger partial charge < -0.3 is 9.30 Å². The average Bonchev–Trinajstić information content (AvgIpc) is 2.81. The second-order valence-electron chi connectivity index (χ2n) is 3.65. The minimum Gasteiger partial charge on any atom is -0.379 e. The van der Waals surface area contributed by atoms with Crippen molar-refractivity contribution in [3.05, 3.63) is 44.7 Å². The molecule has 1 aromatic rings. The predicted molar refractivity (Wildman–Crippen MR) is 58.0 cm³/mol. The molecule has 16 heavy (non-hydrogen) atoms. The Hall–Kier alpha value is -1.78. The highest BCUT2D eigenvalue weighted by Gasteiger charge is 2.18. The molecule has 1 aliphatic rings. The highest BCUT2D eigenvalue weighted by atomic mass is 16.5. The summed E-state index contributed by atoms with van der Waals surface area (Å²) in [4.78, 5) is 14.6. The summed E-state index contributed by atoms with van der Waals surface area (Å²) >= 11 is 0. The Morgan fingerprint density at radius 2 is 2.56 bits per heavy atom. The Labute approximate surface area is 92.1 Å². The molecule has 0 radical (unpaired) electrons. The highest BCUT2D eigenvalue weighted by molar-refractivity contribution is 5.11. The van der Waals surface area contributed by atoms with Gasteiger partial charge in [-0.1, -0.05) is 11.2 Å². The molecule has 0 aromatic carbocycles. The summed E-state index contributed by atoms with van der Waals surface area (Å²) in [6.45, 7) is 1.37. The zero-order valence-electron chi connectivity index (χ0n) is 8.74. The molecule has 6 nitrogen and oxygen atoms in total. The molecule has 1 atom stereocenters. The number of hydrogen-bond acceptors (Lipinski definition) is 3. The Balaban J connectivity index is 2.32. The topological polar surface area (TPSA) is 80.0 Å². The van der Waals surface area contributed by atoms with Crippen LogP contribution in [-0.4, -0.2) is 17.8 Å². The molecule has 1 aromatic heterocycles. The molecule has 0 N–H and O–H groups in total. The number of hydrogen-bond donors (Lipinski definition) is 0. The molecule has 6 heteroatoms. The van der Waals surface area contributed by atoms with Crippen LogP contribution in [0.1, 0.15) is 18.0 Å². The first-order valence-electron chi connectivity index (χ1n) is 5.11. The smallest absolute Gasteiger partial charge is 0.254 e. The molecule has 1 saturated heterocycles. The molecule has 0 amide bonds. The van der Waals surface area contributed by atoms with Crippen molar-refractivity contribution in [3.8, 4) is 0 Å². The van der Waals surface area contributed by atoms with Gasteiger partial charge in [-0.25, -0.2) is 0 Å². The van der Waals surface area contributed by atoms with E-state index in [-0.39, 0.29) is 18.1 Å². The van der Waals surface area contributed by atoms with E-state index in [1.54, 1.807) is 22.9 Å². The largest absolute Gasteiger partial charge is 0.379 e. The number of rotatable bonds is 3. The normalized spacial score (nSPS) is 19.4. The van der Waals surface area contributed by atoms with Crippen LogP contribution in [0.5, 0.6) is 0 Å². The lowest BCUT2D eigenvalue weighted by molar-refractivity contribution is 0.186. The minimum absolute atomic E-state index is 0.0922. The summed E-state index contributed by atoms with van der Waals surface area (Å²) in [6, 6.07) is 3.59. The van der Waals surface area contributed by atoms with Gasteiger partial charge >= 0.3 is 0 Å². The number of ether oxygens (including phenoxy) is 1. The maximum absolute atomic E-state index is 12.0. The molecule has 0 bridgehead atoms. The van der Waals surface area contributed by atoms with Crippen molar-refractivity contribution >= 4 is 0 Å². The standard InChI is InChI=1S/C10H12N4O2/c11-13-12-6-8-2-1-4-14(10(8)15)9-3-5-16-7-9/h1-2,4,9H,3,5-7H2/t9-/m0/s1. The number of aromatic nitrogens is 1. The predicted octanol–water partition coefficient (Wildman–Crippen LogP) is 1.62. The van der Waals surface area contributed by atoms with E-state index in [1.807, 2.05) is 0 Å². The summed E-state index contributed by atoms with van der Waals surface area (Å²) in [5.74, 6) is 0. The molecule has 0 saturated carbocycles. The summed E-state index contributed by atoms with van der Waals surface area (Å²) in [7, 11) is 0. The third-order valence-corrected chi connectivity index (χ3v) is 2.66. The fourth-order valence-corrected chi connectivity index (χ4v) is 1.81. The van der Waals surface area contributed by atoms with Gasteiger partial charge in [0.25, 0.3) is 5.56 Å². The fraction of sp³-hybridized carbons (Fsp3) is 0.500. The van der Waals surface area contributed by atoms with Gasteiger partial charge in [0.1, 0.15) is 0 Å². The fourth-order valence-electron chi connectivity index (χ4n) is 1.81. The number of azide groups is 1. The molecule has 0 unspecified atom stereocenters. The first kappa shape index (κ1) is 10.7. The van der Waals surface area contributed by atoms with E-state index in [0.29, 0.717) is 18.8 Å².